The van der Waals surface area contributed by atoms with Gasteiger partial charge in [-0.1, -0.05) is 34.6 Å². The molecule has 2 heterocycles. The smallest absolute Gasteiger partial charge is 0.0981 e. The molecule has 0 aromatic carbocycles. The van der Waals surface area contributed by atoms with Crippen LogP contribution in [0.2, 0.25) is 0 Å². The molecule has 0 aliphatic heterocycles. The lowest BCUT2D eigenvalue weighted by Gasteiger charge is -2.21. The van der Waals surface area contributed by atoms with Crippen LogP contribution in [0.15, 0.2) is 17.1 Å². The Bertz CT molecular complexity index is 504. The maximum Gasteiger partial charge on any atom is 0.0981 e. The van der Waals surface area contributed by atoms with Gasteiger partial charge in [0, 0.05) is 27.3 Å². The zero-order valence-electron chi connectivity index (χ0n) is 11.7. The van der Waals surface area contributed by atoms with Crippen LogP contribution in [0.4, 0.5) is 0 Å². The lowest BCUT2D eigenvalue weighted by Crippen LogP contribution is -2.20. The summed E-state index contributed by atoms with van der Waals surface area (Å²) in [5, 5.41) is 3.36. The SMILES string of the molecule is CC(C)(C)c1ncc(CC(C)(C)c2cscn2)s1. The van der Waals surface area contributed by atoms with Gasteiger partial charge < -0.3 is 0 Å². The van der Waals surface area contributed by atoms with Crippen LogP contribution in [-0.2, 0) is 17.3 Å². The Morgan fingerprint density at radius 3 is 2.33 bits per heavy atom. The Kier molecular flexibility index (Phi) is 3.60. The standard InChI is InChI=1S/C14H20N2S2/c1-13(2,3)12-15-7-10(18-12)6-14(4,5)11-8-17-9-16-11/h7-9H,6H2,1-5H3. The fraction of sp³-hybridized carbons (Fsp3) is 0.571. The van der Waals surface area contributed by atoms with Crippen molar-refractivity contribution in [1.82, 2.24) is 9.97 Å². The lowest BCUT2D eigenvalue weighted by atomic mass is 9.86. The fourth-order valence-electron chi connectivity index (χ4n) is 1.81. The monoisotopic (exact) mass is 280 g/mol. The van der Waals surface area contributed by atoms with Crippen molar-refractivity contribution >= 4 is 22.7 Å². The maximum absolute atomic E-state index is 4.55. The minimum atomic E-state index is 0.0850. The van der Waals surface area contributed by atoms with E-state index in [9.17, 15) is 0 Å². The Morgan fingerprint density at radius 2 is 1.83 bits per heavy atom. The van der Waals surface area contributed by atoms with E-state index in [1.54, 1.807) is 11.3 Å². The van der Waals surface area contributed by atoms with Crippen LogP contribution in [0.3, 0.4) is 0 Å². The molecule has 0 unspecified atom stereocenters. The molecule has 0 radical (unpaired) electrons. The van der Waals surface area contributed by atoms with Crippen LogP contribution in [0.5, 0.6) is 0 Å². The maximum atomic E-state index is 4.55. The third-order valence-electron chi connectivity index (χ3n) is 2.94. The zero-order chi connectivity index (χ0) is 13.4. The molecule has 0 amide bonds. The van der Waals surface area contributed by atoms with Gasteiger partial charge >= 0.3 is 0 Å². The van der Waals surface area contributed by atoms with E-state index in [2.05, 4.69) is 50.0 Å². The average molecular weight is 280 g/mol. The van der Waals surface area contributed by atoms with Gasteiger partial charge in [0.2, 0.25) is 0 Å². The molecule has 0 atom stereocenters. The van der Waals surface area contributed by atoms with E-state index in [1.165, 1.54) is 15.6 Å². The third kappa shape index (κ3) is 2.98. The number of nitrogens with zero attached hydrogens (tertiary/aromatic N) is 2. The molecular formula is C14H20N2S2. The van der Waals surface area contributed by atoms with Gasteiger partial charge in [-0.2, -0.15) is 0 Å². The molecule has 0 fully saturated rings. The summed E-state index contributed by atoms with van der Waals surface area (Å²) >= 11 is 3.49. The second kappa shape index (κ2) is 4.74. The molecule has 4 heteroatoms. The highest BCUT2D eigenvalue weighted by Gasteiger charge is 2.25. The highest BCUT2D eigenvalue weighted by atomic mass is 32.1. The first-order chi connectivity index (χ1) is 8.29. The molecule has 0 aliphatic carbocycles. The summed E-state index contributed by atoms with van der Waals surface area (Å²) in [4.78, 5) is 10.3. The molecule has 2 nitrogen and oxygen atoms in total. The Morgan fingerprint density at radius 1 is 1.11 bits per heavy atom. The number of hydrogen-bond acceptors (Lipinski definition) is 4. The molecule has 0 spiro atoms. The van der Waals surface area contributed by atoms with E-state index < -0.39 is 0 Å². The molecule has 2 aromatic heterocycles. The van der Waals surface area contributed by atoms with Crippen LogP contribution in [0.25, 0.3) is 0 Å². The van der Waals surface area contributed by atoms with Gasteiger partial charge in [-0.25, -0.2) is 9.97 Å². The van der Waals surface area contributed by atoms with E-state index in [4.69, 9.17) is 0 Å². The largest absolute Gasteiger partial charge is 0.249 e. The summed E-state index contributed by atoms with van der Waals surface area (Å²) in [6, 6.07) is 0. The molecule has 0 bridgehead atoms. The van der Waals surface area contributed by atoms with Crippen LogP contribution in [0.1, 0.15) is 50.2 Å². The van der Waals surface area contributed by atoms with Crippen molar-refractivity contribution in [2.45, 2.75) is 51.9 Å². The van der Waals surface area contributed by atoms with Gasteiger partial charge in [0.05, 0.1) is 16.2 Å². The summed E-state index contributed by atoms with van der Waals surface area (Å²) in [6.45, 7) is 11.1. The third-order valence-corrected chi connectivity index (χ3v) is 4.95. The van der Waals surface area contributed by atoms with Crippen LogP contribution < -0.4 is 0 Å². The van der Waals surface area contributed by atoms with E-state index in [0.717, 1.165) is 6.42 Å². The fourth-order valence-corrected chi connectivity index (χ4v) is 3.75. The van der Waals surface area contributed by atoms with Gasteiger partial charge in [0.15, 0.2) is 0 Å². The Labute approximate surface area is 117 Å². The summed E-state index contributed by atoms with van der Waals surface area (Å²) in [5.74, 6) is 0. The first-order valence-corrected chi connectivity index (χ1v) is 7.89. The minimum Gasteiger partial charge on any atom is -0.249 e. The van der Waals surface area contributed by atoms with Gasteiger partial charge in [-0.3, -0.25) is 0 Å². The molecule has 2 rings (SSSR count). The lowest BCUT2D eigenvalue weighted by molar-refractivity contribution is 0.512. The minimum absolute atomic E-state index is 0.0850. The summed E-state index contributed by atoms with van der Waals surface area (Å²) in [5.41, 5.74) is 3.32. The van der Waals surface area contributed by atoms with Gasteiger partial charge in [0.1, 0.15) is 0 Å². The summed E-state index contributed by atoms with van der Waals surface area (Å²) in [6.07, 6.45) is 3.03. The van der Waals surface area contributed by atoms with Crippen LogP contribution in [0, 0.1) is 0 Å². The average Bonchev–Trinajstić information content (AvgIpc) is 2.83. The van der Waals surface area contributed by atoms with Crippen molar-refractivity contribution in [2.24, 2.45) is 0 Å². The van der Waals surface area contributed by atoms with Crippen molar-refractivity contribution in [3.63, 3.8) is 0 Å². The second-order valence-corrected chi connectivity index (χ2v) is 8.15. The topological polar surface area (TPSA) is 25.8 Å². The predicted octanol–water partition coefficient (Wildman–Crippen LogP) is 4.42. The van der Waals surface area contributed by atoms with E-state index in [0.29, 0.717) is 0 Å². The highest BCUT2D eigenvalue weighted by molar-refractivity contribution is 7.11. The van der Waals surface area contributed by atoms with Gasteiger partial charge in [-0.15, -0.1) is 22.7 Å². The molecule has 0 saturated heterocycles. The predicted molar refractivity (Wildman–Crippen MR) is 79.7 cm³/mol. The van der Waals surface area contributed by atoms with Crippen molar-refractivity contribution < 1.29 is 0 Å². The van der Waals surface area contributed by atoms with E-state index in [1.807, 2.05) is 23.0 Å². The quantitative estimate of drug-likeness (QED) is 0.832. The number of thiazole rings is 2. The van der Waals surface area contributed by atoms with E-state index in [-0.39, 0.29) is 10.8 Å². The Hall–Kier alpha value is -0.740. The van der Waals surface area contributed by atoms with Crippen LogP contribution in [-0.4, -0.2) is 9.97 Å². The van der Waals surface area contributed by atoms with Gasteiger partial charge in [0.25, 0.3) is 0 Å². The van der Waals surface area contributed by atoms with Crippen molar-refractivity contribution in [3.8, 4) is 0 Å². The first kappa shape index (κ1) is 13.7. The summed E-state index contributed by atoms with van der Waals surface area (Å²) < 4.78 is 0. The molecular weight excluding hydrogens is 260 g/mol. The van der Waals surface area contributed by atoms with Gasteiger partial charge in [-0.05, 0) is 6.42 Å². The van der Waals surface area contributed by atoms with E-state index >= 15 is 0 Å². The first-order valence-electron chi connectivity index (χ1n) is 6.13. The normalized spacial score (nSPS) is 12.9. The summed E-state index contributed by atoms with van der Waals surface area (Å²) in [7, 11) is 0. The number of aromatic nitrogens is 2. The highest BCUT2D eigenvalue weighted by Crippen LogP contribution is 2.32. The molecule has 18 heavy (non-hydrogen) atoms. The second-order valence-electron chi connectivity index (χ2n) is 6.32. The zero-order valence-corrected chi connectivity index (χ0v) is 13.3. The number of rotatable bonds is 3. The molecule has 0 N–H and O–H groups in total. The Balaban J connectivity index is 2.17. The van der Waals surface area contributed by atoms with Crippen molar-refractivity contribution in [1.29, 1.82) is 0 Å². The molecule has 0 saturated carbocycles. The van der Waals surface area contributed by atoms with Crippen LogP contribution >= 0.6 is 22.7 Å². The molecule has 0 aliphatic rings. The molecule has 98 valence electrons. The van der Waals surface area contributed by atoms with Crippen molar-refractivity contribution in [2.75, 3.05) is 0 Å². The molecule has 2 aromatic rings. The number of hydrogen-bond donors (Lipinski definition) is 0. The van der Waals surface area contributed by atoms with Crippen molar-refractivity contribution in [3.05, 3.63) is 32.7 Å².